The van der Waals surface area contributed by atoms with Gasteiger partial charge in [0.05, 0.1) is 37.8 Å². The Hall–Kier alpha value is -3.29. The van der Waals surface area contributed by atoms with Crippen molar-refractivity contribution in [2.45, 2.75) is 20.8 Å². The molecule has 9 heteroatoms. The number of nitrogens with one attached hydrogen (secondary N) is 2. The number of pyridine rings is 1. The number of aryl methyl sites for hydroxylation is 2. The van der Waals surface area contributed by atoms with Gasteiger partial charge in [0.1, 0.15) is 5.76 Å². The van der Waals surface area contributed by atoms with Crippen molar-refractivity contribution < 1.29 is 9.53 Å². The number of halogens is 2. The number of aromatic amines is 1. The molecule has 0 aliphatic rings. The third kappa shape index (κ3) is 3.63. The fourth-order valence-corrected chi connectivity index (χ4v) is 4.24. The predicted molar refractivity (Wildman–Crippen MR) is 129 cm³/mol. The van der Waals surface area contributed by atoms with Gasteiger partial charge in [-0.25, -0.2) is 4.98 Å². The summed E-state index contributed by atoms with van der Waals surface area (Å²) >= 11 is 12.6. The molecule has 0 unspecified atom stereocenters. The Morgan fingerprint density at radius 1 is 1.22 bits per heavy atom. The van der Waals surface area contributed by atoms with Crippen LogP contribution in [0.5, 0.6) is 0 Å². The van der Waals surface area contributed by atoms with E-state index in [4.69, 9.17) is 27.9 Å². The molecule has 0 aliphatic carbocycles. The molecule has 0 bridgehead atoms. The summed E-state index contributed by atoms with van der Waals surface area (Å²) in [6.07, 6.45) is 1.64. The molecule has 7 nitrogen and oxygen atoms in total. The Bertz CT molecular complexity index is 1460. The van der Waals surface area contributed by atoms with Crippen LogP contribution in [0.15, 0.2) is 41.2 Å². The van der Waals surface area contributed by atoms with E-state index < -0.39 is 5.97 Å². The van der Waals surface area contributed by atoms with Crippen LogP contribution >= 0.6 is 23.2 Å². The van der Waals surface area contributed by atoms with Crippen LogP contribution in [0, 0.1) is 6.92 Å². The third-order valence-corrected chi connectivity index (χ3v) is 5.87. The summed E-state index contributed by atoms with van der Waals surface area (Å²) in [6, 6.07) is 8.89. The first-order valence-electron chi connectivity index (χ1n) is 9.81. The van der Waals surface area contributed by atoms with Crippen molar-refractivity contribution in [2.75, 3.05) is 5.32 Å². The number of rotatable bonds is 4. The molecule has 32 heavy (non-hydrogen) atoms. The first-order valence-corrected chi connectivity index (χ1v) is 10.6. The van der Waals surface area contributed by atoms with Gasteiger partial charge in [0.15, 0.2) is 0 Å². The number of hydrogen-bond acceptors (Lipinski definition) is 5. The van der Waals surface area contributed by atoms with Crippen molar-refractivity contribution in [2.24, 2.45) is 7.05 Å². The molecule has 4 aromatic rings. The number of H-pyrrole nitrogens is 1. The molecule has 0 saturated carbocycles. The maximum Gasteiger partial charge on any atom is 0.308 e. The van der Waals surface area contributed by atoms with Crippen LogP contribution in [0.4, 0.5) is 11.6 Å². The lowest BCUT2D eigenvalue weighted by Gasteiger charge is -2.13. The van der Waals surface area contributed by atoms with Gasteiger partial charge in [0.2, 0.25) is 5.95 Å². The predicted octanol–water partition coefficient (Wildman–Crippen LogP) is 5.70. The SMILES string of the molecule is CC=C(OC(C)=O)c1[nH]c(=O)c2c(ccc3nc(Nc4c(Cl)cccc4Cl)n(C)c32)c1C. The molecule has 0 amide bonds. The molecule has 0 aliphatic heterocycles. The van der Waals surface area contributed by atoms with E-state index in [0.29, 0.717) is 49.6 Å². The number of ether oxygens (including phenoxy) is 1. The minimum atomic E-state index is -0.463. The molecule has 4 rings (SSSR count). The zero-order valence-electron chi connectivity index (χ0n) is 17.8. The zero-order chi connectivity index (χ0) is 23.2. The van der Waals surface area contributed by atoms with E-state index in [1.54, 1.807) is 42.8 Å². The third-order valence-electron chi connectivity index (χ3n) is 5.24. The molecule has 2 aromatic carbocycles. The highest BCUT2D eigenvalue weighted by Gasteiger charge is 2.19. The Balaban J connectivity index is 1.94. The van der Waals surface area contributed by atoms with Crippen molar-refractivity contribution in [3.8, 4) is 0 Å². The molecule has 0 atom stereocenters. The van der Waals surface area contributed by atoms with Gasteiger partial charge in [0, 0.05) is 14.0 Å². The number of para-hydroxylation sites is 1. The molecule has 2 N–H and O–H groups in total. The maximum absolute atomic E-state index is 13.2. The van der Waals surface area contributed by atoms with E-state index >= 15 is 0 Å². The quantitative estimate of drug-likeness (QED) is 0.295. The van der Waals surface area contributed by atoms with Crippen LogP contribution < -0.4 is 10.9 Å². The van der Waals surface area contributed by atoms with Gasteiger partial charge in [-0.15, -0.1) is 0 Å². The number of fused-ring (bicyclic) bond motifs is 3. The fraction of sp³-hybridized carbons (Fsp3) is 0.174. The molecular weight excluding hydrogens is 451 g/mol. The molecule has 2 heterocycles. The van der Waals surface area contributed by atoms with Crippen molar-refractivity contribution in [1.82, 2.24) is 14.5 Å². The van der Waals surface area contributed by atoms with Crippen molar-refractivity contribution in [3.63, 3.8) is 0 Å². The second kappa shape index (κ2) is 8.33. The number of hydrogen-bond donors (Lipinski definition) is 2. The number of carbonyl (C=O) groups is 1. The molecule has 0 spiro atoms. The largest absolute Gasteiger partial charge is 0.425 e. The van der Waals surface area contributed by atoms with Crippen LogP contribution in [0.25, 0.3) is 27.6 Å². The Labute approximate surface area is 193 Å². The molecular formula is C23H20Cl2N4O3. The Morgan fingerprint density at radius 3 is 2.53 bits per heavy atom. The lowest BCUT2D eigenvalue weighted by Crippen LogP contribution is -2.14. The zero-order valence-corrected chi connectivity index (χ0v) is 19.4. The molecule has 0 radical (unpaired) electrons. The number of anilines is 2. The fourth-order valence-electron chi connectivity index (χ4n) is 3.75. The first-order chi connectivity index (χ1) is 15.2. The second-order valence-electron chi connectivity index (χ2n) is 7.27. The summed E-state index contributed by atoms with van der Waals surface area (Å²) < 4.78 is 7.06. The Kier molecular flexibility index (Phi) is 5.71. The van der Waals surface area contributed by atoms with Gasteiger partial charge >= 0.3 is 5.97 Å². The lowest BCUT2D eigenvalue weighted by molar-refractivity contribution is -0.134. The average molecular weight is 471 g/mol. The van der Waals surface area contributed by atoms with E-state index in [2.05, 4.69) is 15.3 Å². The van der Waals surface area contributed by atoms with Gasteiger partial charge < -0.3 is 19.6 Å². The lowest BCUT2D eigenvalue weighted by atomic mass is 10.0. The summed E-state index contributed by atoms with van der Waals surface area (Å²) in [5.41, 5.74) is 2.74. The van der Waals surface area contributed by atoms with Crippen molar-refractivity contribution in [3.05, 3.63) is 68.1 Å². The first kappa shape index (κ1) is 21.9. The van der Waals surface area contributed by atoms with Gasteiger partial charge in [0.25, 0.3) is 5.56 Å². The average Bonchev–Trinajstić information content (AvgIpc) is 3.06. The highest BCUT2D eigenvalue weighted by atomic mass is 35.5. The van der Waals surface area contributed by atoms with Crippen molar-refractivity contribution in [1.29, 1.82) is 0 Å². The number of esters is 1. The minimum Gasteiger partial charge on any atom is -0.425 e. The minimum absolute atomic E-state index is 0.301. The smallest absolute Gasteiger partial charge is 0.308 e. The molecule has 0 fully saturated rings. The van der Waals surface area contributed by atoms with E-state index in [0.717, 1.165) is 10.9 Å². The number of aromatic nitrogens is 3. The number of benzene rings is 2. The van der Waals surface area contributed by atoms with Gasteiger partial charge in [-0.05, 0) is 49.1 Å². The monoisotopic (exact) mass is 470 g/mol. The molecule has 2 aromatic heterocycles. The number of imidazole rings is 1. The van der Waals surface area contributed by atoms with Crippen LogP contribution in [0.1, 0.15) is 25.1 Å². The topological polar surface area (TPSA) is 89.0 Å². The highest BCUT2D eigenvalue weighted by Crippen LogP contribution is 2.34. The second-order valence-corrected chi connectivity index (χ2v) is 8.09. The molecule has 164 valence electrons. The van der Waals surface area contributed by atoms with E-state index in [9.17, 15) is 9.59 Å². The highest BCUT2D eigenvalue weighted by molar-refractivity contribution is 6.39. The summed E-state index contributed by atoms with van der Waals surface area (Å²) in [6.45, 7) is 4.92. The van der Waals surface area contributed by atoms with Crippen LogP contribution in [-0.4, -0.2) is 20.5 Å². The number of nitrogens with zero attached hydrogens (tertiary/aromatic N) is 2. The normalized spacial score (nSPS) is 11.9. The number of allylic oxidation sites excluding steroid dienone is 1. The van der Waals surface area contributed by atoms with Crippen LogP contribution in [0.3, 0.4) is 0 Å². The van der Waals surface area contributed by atoms with Gasteiger partial charge in [-0.1, -0.05) is 35.3 Å². The Morgan fingerprint density at radius 2 is 1.91 bits per heavy atom. The van der Waals surface area contributed by atoms with Gasteiger partial charge in [-0.2, -0.15) is 0 Å². The summed E-state index contributed by atoms with van der Waals surface area (Å²) in [5.74, 6) is 0.321. The summed E-state index contributed by atoms with van der Waals surface area (Å²) in [4.78, 5) is 32.1. The van der Waals surface area contributed by atoms with Crippen molar-refractivity contribution >= 4 is 68.4 Å². The summed E-state index contributed by atoms with van der Waals surface area (Å²) in [7, 11) is 1.81. The van der Waals surface area contributed by atoms with E-state index in [1.807, 2.05) is 19.1 Å². The molecule has 0 saturated heterocycles. The van der Waals surface area contributed by atoms with E-state index in [1.165, 1.54) is 6.92 Å². The van der Waals surface area contributed by atoms with Gasteiger partial charge in [-0.3, -0.25) is 9.59 Å². The van der Waals surface area contributed by atoms with E-state index in [-0.39, 0.29) is 5.56 Å². The van der Waals surface area contributed by atoms with Crippen LogP contribution in [-0.2, 0) is 16.6 Å². The number of carbonyl (C=O) groups excluding carboxylic acids is 1. The standard InChI is InChI=1S/C23H20Cl2N4O3/c1-5-17(32-12(3)30)19-11(2)13-9-10-16-21(18(13)22(31)27-19)29(4)23(26-16)28-20-14(24)7-6-8-15(20)25/h5-10H,1-4H3,(H,26,28)(H,27,31). The van der Waals surface area contributed by atoms with Crippen LogP contribution in [0.2, 0.25) is 10.0 Å². The summed E-state index contributed by atoms with van der Waals surface area (Å²) in [5, 5.41) is 5.29. The maximum atomic E-state index is 13.2.